The molecule has 0 amide bonds. The molecule has 0 aliphatic heterocycles. The van der Waals surface area contributed by atoms with E-state index in [0.717, 1.165) is 16.5 Å². The summed E-state index contributed by atoms with van der Waals surface area (Å²) in [5, 5.41) is 0. The van der Waals surface area contributed by atoms with Gasteiger partial charge in [-0.3, -0.25) is 4.79 Å². The van der Waals surface area contributed by atoms with Crippen LogP contribution in [0.25, 0.3) is 0 Å². The summed E-state index contributed by atoms with van der Waals surface area (Å²) in [6, 6.07) is 4.54. The standard InChI is InChI=1S/C11H10BrFO2/c1-15-11(14)9-5-8(9)7-3-2-6(13)4-10(7)12/h2-4,8-9H,5H2,1H3/t8-,9+/m0/s1. The molecule has 1 aromatic carbocycles. The van der Waals surface area contributed by atoms with Crippen molar-refractivity contribution in [2.24, 2.45) is 5.92 Å². The lowest BCUT2D eigenvalue weighted by molar-refractivity contribution is -0.142. The fourth-order valence-electron chi connectivity index (χ4n) is 1.75. The van der Waals surface area contributed by atoms with Gasteiger partial charge in [0.2, 0.25) is 0 Å². The Morgan fingerprint density at radius 3 is 2.93 bits per heavy atom. The smallest absolute Gasteiger partial charge is 0.309 e. The van der Waals surface area contributed by atoms with Crippen molar-refractivity contribution < 1.29 is 13.9 Å². The lowest BCUT2D eigenvalue weighted by atomic mass is 10.1. The molecule has 1 aliphatic rings. The third-order valence-corrected chi connectivity index (χ3v) is 3.34. The lowest BCUT2D eigenvalue weighted by Gasteiger charge is -2.03. The minimum Gasteiger partial charge on any atom is -0.469 e. The summed E-state index contributed by atoms with van der Waals surface area (Å²) in [4.78, 5) is 11.2. The van der Waals surface area contributed by atoms with E-state index in [4.69, 9.17) is 0 Å². The number of hydrogen-bond donors (Lipinski definition) is 0. The summed E-state index contributed by atoms with van der Waals surface area (Å²) < 4.78 is 18.2. The highest BCUT2D eigenvalue weighted by Crippen LogP contribution is 2.50. The van der Waals surface area contributed by atoms with E-state index in [9.17, 15) is 9.18 Å². The number of hydrogen-bond acceptors (Lipinski definition) is 2. The van der Waals surface area contributed by atoms with Crippen LogP contribution in [0.1, 0.15) is 17.9 Å². The van der Waals surface area contributed by atoms with Crippen LogP contribution in [-0.4, -0.2) is 13.1 Å². The minimum atomic E-state index is -0.277. The van der Waals surface area contributed by atoms with Crippen LogP contribution in [0.3, 0.4) is 0 Å². The Morgan fingerprint density at radius 1 is 1.60 bits per heavy atom. The van der Waals surface area contributed by atoms with Gasteiger partial charge < -0.3 is 4.74 Å². The number of esters is 1. The van der Waals surface area contributed by atoms with E-state index < -0.39 is 0 Å². The van der Waals surface area contributed by atoms with Crippen molar-refractivity contribution in [3.8, 4) is 0 Å². The van der Waals surface area contributed by atoms with Crippen molar-refractivity contribution in [3.05, 3.63) is 34.1 Å². The summed E-state index contributed by atoms with van der Waals surface area (Å²) in [5.74, 6) is -0.346. The van der Waals surface area contributed by atoms with E-state index >= 15 is 0 Å². The molecule has 0 saturated heterocycles. The van der Waals surface area contributed by atoms with E-state index in [0.29, 0.717) is 0 Å². The molecular formula is C11H10BrFO2. The van der Waals surface area contributed by atoms with Crippen molar-refractivity contribution in [1.29, 1.82) is 0 Å². The second kappa shape index (κ2) is 3.93. The van der Waals surface area contributed by atoms with Crippen molar-refractivity contribution >= 4 is 21.9 Å². The SMILES string of the molecule is COC(=O)[C@@H]1C[C@H]1c1ccc(F)cc1Br. The molecule has 0 aromatic heterocycles. The second-order valence-electron chi connectivity index (χ2n) is 3.64. The molecular weight excluding hydrogens is 263 g/mol. The number of rotatable bonds is 2. The Kier molecular flexibility index (Phi) is 2.78. The molecule has 2 rings (SSSR count). The maximum Gasteiger partial charge on any atom is 0.309 e. The normalized spacial score (nSPS) is 23.7. The molecule has 0 radical (unpaired) electrons. The Balaban J connectivity index is 2.16. The van der Waals surface area contributed by atoms with Crippen LogP contribution in [-0.2, 0) is 9.53 Å². The van der Waals surface area contributed by atoms with Crippen LogP contribution in [0.15, 0.2) is 22.7 Å². The van der Waals surface area contributed by atoms with Crippen LogP contribution in [0.2, 0.25) is 0 Å². The summed E-state index contributed by atoms with van der Waals surface area (Å²) >= 11 is 3.29. The van der Waals surface area contributed by atoms with E-state index in [1.807, 2.05) is 0 Å². The Hall–Kier alpha value is -0.900. The number of benzene rings is 1. The van der Waals surface area contributed by atoms with E-state index in [2.05, 4.69) is 20.7 Å². The van der Waals surface area contributed by atoms with Crippen LogP contribution >= 0.6 is 15.9 Å². The van der Waals surface area contributed by atoms with Gasteiger partial charge in [-0.25, -0.2) is 4.39 Å². The van der Waals surface area contributed by atoms with Crippen molar-refractivity contribution in [3.63, 3.8) is 0 Å². The molecule has 0 spiro atoms. The predicted octanol–water partition coefficient (Wildman–Crippen LogP) is 2.86. The second-order valence-corrected chi connectivity index (χ2v) is 4.49. The van der Waals surface area contributed by atoms with Gasteiger partial charge >= 0.3 is 5.97 Å². The van der Waals surface area contributed by atoms with Gasteiger partial charge in [0.05, 0.1) is 13.0 Å². The maximum absolute atomic E-state index is 12.8. The zero-order chi connectivity index (χ0) is 11.0. The summed E-state index contributed by atoms with van der Waals surface area (Å²) in [6.45, 7) is 0. The average molecular weight is 273 g/mol. The lowest BCUT2D eigenvalue weighted by Crippen LogP contribution is -2.04. The van der Waals surface area contributed by atoms with Crippen molar-refractivity contribution in [2.75, 3.05) is 7.11 Å². The molecule has 1 saturated carbocycles. The van der Waals surface area contributed by atoms with Gasteiger partial charge in [0.1, 0.15) is 5.82 Å². The van der Waals surface area contributed by atoms with Gasteiger partial charge in [-0.05, 0) is 30.0 Å². The van der Waals surface area contributed by atoms with Gasteiger partial charge in [0, 0.05) is 4.47 Å². The summed E-state index contributed by atoms with van der Waals surface area (Å²) in [5.41, 5.74) is 0.979. The molecule has 15 heavy (non-hydrogen) atoms. The summed E-state index contributed by atoms with van der Waals surface area (Å²) in [7, 11) is 1.39. The zero-order valence-electron chi connectivity index (χ0n) is 8.17. The zero-order valence-corrected chi connectivity index (χ0v) is 9.75. The van der Waals surface area contributed by atoms with Crippen LogP contribution in [0.5, 0.6) is 0 Å². The molecule has 0 unspecified atom stereocenters. The maximum atomic E-state index is 12.8. The Morgan fingerprint density at radius 2 is 2.33 bits per heavy atom. The number of halogens is 2. The topological polar surface area (TPSA) is 26.3 Å². The first kappa shape index (κ1) is 10.6. The molecule has 1 fully saturated rings. The van der Waals surface area contributed by atoms with E-state index in [1.54, 1.807) is 6.07 Å². The monoisotopic (exact) mass is 272 g/mol. The first-order valence-corrected chi connectivity index (χ1v) is 5.45. The van der Waals surface area contributed by atoms with Crippen LogP contribution in [0, 0.1) is 11.7 Å². The highest BCUT2D eigenvalue weighted by molar-refractivity contribution is 9.10. The van der Waals surface area contributed by atoms with Crippen molar-refractivity contribution in [1.82, 2.24) is 0 Å². The van der Waals surface area contributed by atoms with E-state index in [-0.39, 0.29) is 23.6 Å². The molecule has 1 aliphatic carbocycles. The first-order valence-electron chi connectivity index (χ1n) is 4.66. The third-order valence-electron chi connectivity index (χ3n) is 2.66. The van der Waals surface area contributed by atoms with Crippen LogP contribution < -0.4 is 0 Å². The molecule has 1 aromatic rings. The molecule has 80 valence electrons. The Labute approximate surface area is 95.6 Å². The highest BCUT2D eigenvalue weighted by Gasteiger charge is 2.45. The first-order chi connectivity index (χ1) is 7.13. The molecule has 0 N–H and O–H groups in total. The molecule has 0 bridgehead atoms. The average Bonchev–Trinajstić information content (AvgIpc) is 2.96. The number of carbonyl (C=O) groups is 1. The van der Waals surface area contributed by atoms with Gasteiger partial charge in [-0.15, -0.1) is 0 Å². The number of methoxy groups -OCH3 is 1. The van der Waals surface area contributed by atoms with Crippen LogP contribution in [0.4, 0.5) is 4.39 Å². The molecule has 2 atom stereocenters. The van der Waals surface area contributed by atoms with E-state index in [1.165, 1.54) is 19.2 Å². The Bertz CT molecular complexity index is 406. The third kappa shape index (κ3) is 2.04. The number of ether oxygens (including phenoxy) is 1. The van der Waals surface area contributed by atoms with Gasteiger partial charge in [0.25, 0.3) is 0 Å². The molecule has 2 nitrogen and oxygen atoms in total. The fourth-order valence-corrected chi connectivity index (χ4v) is 2.40. The predicted molar refractivity (Wildman–Crippen MR) is 57.0 cm³/mol. The van der Waals surface area contributed by atoms with Gasteiger partial charge in [0.15, 0.2) is 0 Å². The highest BCUT2D eigenvalue weighted by atomic mass is 79.9. The molecule has 4 heteroatoms. The van der Waals surface area contributed by atoms with Crippen molar-refractivity contribution in [2.45, 2.75) is 12.3 Å². The summed E-state index contributed by atoms with van der Waals surface area (Å²) in [6.07, 6.45) is 0.789. The molecule has 0 heterocycles. The minimum absolute atomic E-state index is 0.0586. The quantitative estimate of drug-likeness (QED) is 0.774. The van der Waals surface area contributed by atoms with Gasteiger partial charge in [-0.2, -0.15) is 0 Å². The fraction of sp³-hybridized carbons (Fsp3) is 0.364. The number of carbonyl (C=O) groups excluding carboxylic acids is 1. The largest absolute Gasteiger partial charge is 0.469 e. The van der Waals surface area contributed by atoms with Gasteiger partial charge in [-0.1, -0.05) is 22.0 Å².